The first-order valence-corrected chi connectivity index (χ1v) is 10.5. The van der Waals surface area contributed by atoms with Gasteiger partial charge in [-0.15, -0.1) is 12.4 Å². The fourth-order valence-corrected chi connectivity index (χ4v) is 5.40. The summed E-state index contributed by atoms with van der Waals surface area (Å²) in [5.41, 5.74) is 7.33. The molecule has 2 amide bonds. The zero-order valence-corrected chi connectivity index (χ0v) is 18.0. The molecule has 5 unspecified atom stereocenters. The van der Waals surface area contributed by atoms with E-state index in [4.69, 9.17) is 10.5 Å². The molecule has 2 saturated carbocycles. The van der Waals surface area contributed by atoms with Gasteiger partial charge in [-0.1, -0.05) is 6.07 Å². The number of fused-ring (bicyclic) bond motifs is 2. The highest BCUT2D eigenvalue weighted by Crippen LogP contribution is 2.47. The van der Waals surface area contributed by atoms with Gasteiger partial charge in [-0.25, -0.2) is 4.79 Å². The molecule has 3 fully saturated rings. The number of carbonyl (C=O) groups excluding carboxylic acids is 3. The summed E-state index contributed by atoms with van der Waals surface area (Å²) in [6, 6.07) is 6.30. The van der Waals surface area contributed by atoms with Crippen LogP contribution in [0.2, 0.25) is 0 Å². The third-order valence-corrected chi connectivity index (χ3v) is 6.90. The third kappa shape index (κ3) is 4.18. The lowest BCUT2D eigenvalue weighted by atomic mass is 9.84. The number of rotatable bonds is 4. The van der Waals surface area contributed by atoms with E-state index in [1.54, 1.807) is 29.2 Å². The lowest BCUT2D eigenvalue weighted by Crippen LogP contribution is -2.48. The summed E-state index contributed by atoms with van der Waals surface area (Å²) in [6.45, 7) is 0.523. The monoisotopic (exact) mass is 435 g/mol. The van der Waals surface area contributed by atoms with Gasteiger partial charge in [0.2, 0.25) is 5.91 Å². The molecule has 30 heavy (non-hydrogen) atoms. The normalized spacial score (nSPS) is 29.8. The Morgan fingerprint density at radius 1 is 1.13 bits per heavy atom. The van der Waals surface area contributed by atoms with E-state index in [-0.39, 0.29) is 42.2 Å². The Morgan fingerprint density at radius 3 is 2.60 bits per heavy atom. The van der Waals surface area contributed by atoms with Crippen LogP contribution in [0.5, 0.6) is 0 Å². The highest BCUT2D eigenvalue weighted by Gasteiger charge is 2.49. The maximum atomic E-state index is 13.1. The molecule has 5 atom stereocenters. The van der Waals surface area contributed by atoms with E-state index in [0.717, 1.165) is 32.1 Å². The van der Waals surface area contributed by atoms with Crippen LogP contribution in [0, 0.1) is 17.8 Å². The molecule has 164 valence electrons. The number of benzene rings is 1. The maximum absolute atomic E-state index is 13.1. The summed E-state index contributed by atoms with van der Waals surface area (Å²) in [4.78, 5) is 39.6. The predicted octanol–water partition coefficient (Wildman–Crippen LogP) is 2.59. The number of nitrogens with zero attached hydrogens (tertiary/aromatic N) is 1. The first-order chi connectivity index (χ1) is 14.0. The highest BCUT2D eigenvalue weighted by atomic mass is 35.5. The van der Waals surface area contributed by atoms with Crippen molar-refractivity contribution in [3.05, 3.63) is 29.8 Å². The van der Waals surface area contributed by atoms with Crippen molar-refractivity contribution in [3.8, 4) is 0 Å². The number of carbonyl (C=O) groups is 3. The summed E-state index contributed by atoms with van der Waals surface area (Å²) < 4.78 is 4.87. The van der Waals surface area contributed by atoms with Gasteiger partial charge in [0, 0.05) is 23.8 Å². The molecule has 1 aromatic rings. The molecular formula is C22H30ClN3O4. The molecule has 3 N–H and O–H groups in total. The minimum atomic E-state index is -0.550. The Morgan fingerprint density at radius 2 is 1.90 bits per heavy atom. The summed E-state index contributed by atoms with van der Waals surface area (Å²) in [5.74, 6) is 0.0196. The lowest BCUT2D eigenvalue weighted by Gasteiger charge is -2.33. The number of nitrogens with one attached hydrogen (secondary N) is 1. The van der Waals surface area contributed by atoms with E-state index in [0.29, 0.717) is 36.1 Å². The molecule has 1 aliphatic heterocycles. The minimum Gasteiger partial charge on any atom is -0.467 e. The molecule has 1 heterocycles. The number of hydrogen-bond acceptors (Lipinski definition) is 5. The van der Waals surface area contributed by atoms with Crippen LogP contribution in [0.15, 0.2) is 24.3 Å². The standard InChI is InChI=1S/C22H29N3O4.ClH/c1-29-22(28)17-7-2-3-10-25(17)21(27)15-5-4-6-16(12-15)24-20(26)18-13-8-9-14(11-13)19(18)23;/h4-6,12-14,17-19H,2-3,7-11,23H2,1H3,(H,24,26);1H. The Bertz CT molecular complexity index is 815. The van der Waals surface area contributed by atoms with Crippen molar-refractivity contribution in [3.63, 3.8) is 0 Å². The molecule has 0 aromatic heterocycles. The van der Waals surface area contributed by atoms with Gasteiger partial charge >= 0.3 is 5.97 Å². The van der Waals surface area contributed by atoms with Gasteiger partial charge in [0.25, 0.3) is 5.91 Å². The number of halogens is 1. The van der Waals surface area contributed by atoms with Crippen molar-refractivity contribution in [2.75, 3.05) is 19.0 Å². The van der Waals surface area contributed by atoms with Crippen molar-refractivity contribution in [2.45, 2.75) is 50.6 Å². The van der Waals surface area contributed by atoms with E-state index < -0.39 is 6.04 Å². The Hall–Kier alpha value is -2.12. The van der Waals surface area contributed by atoms with Crippen LogP contribution in [0.1, 0.15) is 48.9 Å². The molecule has 2 aliphatic carbocycles. The number of esters is 1. The molecule has 8 heteroatoms. The third-order valence-electron chi connectivity index (χ3n) is 6.90. The molecule has 2 bridgehead atoms. The van der Waals surface area contributed by atoms with Crippen molar-refractivity contribution < 1.29 is 19.1 Å². The van der Waals surface area contributed by atoms with Crippen LogP contribution < -0.4 is 11.1 Å². The predicted molar refractivity (Wildman–Crippen MR) is 115 cm³/mol. The number of amides is 2. The zero-order chi connectivity index (χ0) is 20.5. The first kappa shape index (κ1) is 22.6. The van der Waals surface area contributed by atoms with Gasteiger partial charge in [0.05, 0.1) is 13.0 Å². The summed E-state index contributed by atoms with van der Waals surface area (Å²) in [6.07, 6.45) is 5.59. The minimum absolute atomic E-state index is 0. The number of piperidine rings is 1. The van der Waals surface area contributed by atoms with Gasteiger partial charge in [-0.3, -0.25) is 9.59 Å². The average Bonchev–Trinajstić information content (AvgIpc) is 3.34. The number of methoxy groups -OCH3 is 1. The van der Waals surface area contributed by atoms with Crippen LogP contribution in [0.3, 0.4) is 0 Å². The number of likely N-dealkylation sites (tertiary alicyclic amines) is 1. The van der Waals surface area contributed by atoms with Crippen LogP contribution in [-0.2, 0) is 14.3 Å². The SMILES string of the molecule is COC(=O)C1CCCCN1C(=O)c1cccc(NC(=O)C2C3CCC(C3)C2N)c1.Cl. The molecule has 1 aromatic carbocycles. The first-order valence-electron chi connectivity index (χ1n) is 10.5. The highest BCUT2D eigenvalue weighted by molar-refractivity contribution is 5.99. The summed E-state index contributed by atoms with van der Waals surface area (Å²) in [7, 11) is 1.34. The molecule has 3 aliphatic rings. The van der Waals surface area contributed by atoms with Crippen molar-refractivity contribution >= 4 is 35.9 Å². The zero-order valence-electron chi connectivity index (χ0n) is 17.2. The molecule has 1 saturated heterocycles. The lowest BCUT2D eigenvalue weighted by molar-refractivity contribution is -0.147. The van der Waals surface area contributed by atoms with E-state index >= 15 is 0 Å². The second-order valence-electron chi connectivity index (χ2n) is 8.54. The number of ether oxygens (including phenoxy) is 1. The average molecular weight is 436 g/mol. The number of anilines is 1. The topological polar surface area (TPSA) is 102 Å². The fourth-order valence-electron chi connectivity index (χ4n) is 5.40. The van der Waals surface area contributed by atoms with Gasteiger partial charge in [-0.05, 0) is 68.6 Å². The quantitative estimate of drug-likeness (QED) is 0.708. The van der Waals surface area contributed by atoms with E-state index in [2.05, 4.69) is 5.32 Å². The largest absolute Gasteiger partial charge is 0.467 e. The molecule has 0 radical (unpaired) electrons. The van der Waals surface area contributed by atoms with Gasteiger partial charge < -0.3 is 20.7 Å². The van der Waals surface area contributed by atoms with Crippen molar-refractivity contribution in [1.29, 1.82) is 0 Å². The molecular weight excluding hydrogens is 406 g/mol. The Labute approximate surface area is 183 Å². The van der Waals surface area contributed by atoms with Gasteiger partial charge in [-0.2, -0.15) is 0 Å². The van der Waals surface area contributed by atoms with Crippen LogP contribution >= 0.6 is 12.4 Å². The second kappa shape index (κ2) is 9.35. The number of hydrogen-bond donors (Lipinski definition) is 2. The van der Waals surface area contributed by atoms with E-state index in [9.17, 15) is 14.4 Å². The van der Waals surface area contributed by atoms with Crippen LogP contribution in [0.25, 0.3) is 0 Å². The Kier molecular flexibility index (Phi) is 7.03. The number of nitrogens with two attached hydrogens (primary N) is 1. The molecule has 0 spiro atoms. The summed E-state index contributed by atoms with van der Waals surface area (Å²) in [5, 5.41) is 2.96. The van der Waals surface area contributed by atoms with Crippen LogP contribution in [-0.4, -0.2) is 48.4 Å². The smallest absolute Gasteiger partial charge is 0.328 e. The van der Waals surface area contributed by atoms with Crippen LogP contribution in [0.4, 0.5) is 5.69 Å². The van der Waals surface area contributed by atoms with E-state index in [1.807, 2.05) is 0 Å². The van der Waals surface area contributed by atoms with Crippen molar-refractivity contribution in [2.24, 2.45) is 23.5 Å². The molecule has 4 rings (SSSR count). The summed E-state index contributed by atoms with van der Waals surface area (Å²) >= 11 is 0. The molecule has 7 nitrogen and oxygen atoms in total. The second-order valence-corrected chi connectivity index (χ2v) is 8.54. The van der Waals surface area contributed by atoms with Crippen molar-refractivity contribution in [1.82, 2.24) is 4.90 Å². The fraction of sp³-hybridized carbons (Fsp3) is 0.591. The Balaban J connectivity index is 0.00000256. The van der Waals surface area contributed by atoms with Gasteiger partial charge in [0.1, 0.15) is 6.04 Å². The van der Waals surface area contributed by atoms with Gasteiger partial charge in [0.15, 0.2) is 0 Å². The maximum Gasteiger partial charge on any atom is 0.328 e. The van der Waals surface area contributed by atoms with E-state index in [1.165, 1.54) is 7.11 Å².